The molecule has 2 bridgehead atoms. The van der Waals surface area contributed by atoms with Gasteiger partial charge in [0.1, 0.15) is 0 Å². The van der Waals surface area contributed by atoms with Crippen LogP contribution in [0.25, 0.3) is 0 Å². The Bertz CT molecular complexity index is 1020. The molecule has 6 nitrogen and oxygen atoms in total. The standard InChI is InChI=1S/C25H20Br2O6/c26-18-7-3-14(4-8-18)20(28)12-32-24(30)22-16-1-2-17(11-16)23(22)25(31)33-13-21(29)15-5-9-19(27)10-6-15/h1-10,16-17,22-23H,11-13H2. The van der Waals surface area contributed by atoms with Gasteiger partial charge in [-0.3, -0.25) is 19.2 Å². The van der Waals surface area contributed by atoms with Crippen molar-refractivity contribution in [2.75, 3.05) is 13.2 Å². The van der Waals surface area contributed by atoms with Gasteiger partial charge in [-0.05, 0) is 42.5 Å². The lowest BCUT2D eigenvalue weighted by molar-refractivity contribution is -0.160. The van der Waals surface area contributed by atoms with Crippen molar-refractivity contribution in [2.45, 2.75) is 6.42 Å². The molecule has 2 aliphatic rings. The molecule has 0 radical (unpaired) electrons. The smallest absolute Gasteiger partial charge is 0.310 e. The average molecular weight is 576 g/mol. The van der Waals surface area contributed by atoms with E-state index in [1.54, 1.807) is 48.5 Å². The van der Waals surface area contributed by atoms with E-state index in [4.69, 9.17) is 9.47 Å². The van der Waals surface area contributed by atoms with E-state index in [2.05, 4.69) is 31.9 Å². The second kappa shape index (κ2) is 10.1. The van der Waals surface area contributed by atoms with Crippen LogP contribution in [0.2, 0.25) is 0 Å². The Morgan fingerprint density at radius 1 is 0.667 bits per heavy atom. The first-order chi connectivity index (χ1) is 15.8. The molecular formula is C25H20Br2O6. The highest BCUT2D eigenvalue weighted by Gasteiger charge is 2.53. The minimum atomic E-state index is -0.729. The summed E-state index contributed by atoms with van der Waals surface area (Å²) < 4.78 is 12.3. The summed E-state index contributed by atoms with van der Waals surface area (Å²) in [4.78, 5) is 50.4. The first-order valence-electron chi connectivity index (χ1n) is 10.4. The molecule has 170 valence electrons. The van der Waals surface area contributed by atoms with Gasteiger partial charge in [0, 0.05) is 20.1 Å². The number of Topliss-reactive ketones (excluding diaryl/α,β-unsaturated/α-hetero) is 2. The lowest BCUT2D eigenvalue weighted by Gasteiger charge is -2.24. The first-order valence-corrected chi connectivity index (χ1v) is 12.0. The molecule has 2 aromatic carbocycles. The van der Waals surface area contributed by atoms with Crippen LogP contribution in [0.5, 0.6) is 0 Å². The number of benzene rings is 2. The highest BCUT2D eigenvalue weighted by molar-refractivity contribution is 9.10. The highest BCUT2D eigenvalue weighted by atomic mass is 79.9. The molecule has 0 saturated heterocycles. The van der Waals surface area contributed by atoms with Gasteiger partial charge < -0.3 is 9.47 Å². The van der Waals surface area contributed by atoms with Gasteiger partial charge in [0.25, 0.3) is 0 Å². The molecular weight excluding hydrogens is 556 g/mol. The number of hydrogen-bond acceptors (Lipinski definition) is 6. The van der Waals surface area contributed by atoms with E-state index >= 15 is 0 Å². The van der Waals surface area contributed by atoms with Gasteiger partial charge in [0.05, 0.1) is 11.8 Å². The largest absolute Gasteiger partial charge is 0.457 e. The van der Waals surface area contributed by atoms with Crippen LogP contribution in [0.4, 0.5) is 0 Å². The molecule has 0 amide bonds. The van der Waals surface area contributed by atoms with Crippen molar-refractivity contribution in [2.24, 2.45) is 23.7 Å². The molecule has 0 aliphatic heterocycles. The molecule has 2 aromatic rings. The number of fused-ring (bicyclic) bond motifs is 2. The maximum atomic E-state index is 12.8. The second-order valence-electron chi connectivity index (χ2n) is 8.08. The molecule has 0 heterocycles. The van der Waals surface area contributed by atoms with E-state index in [1.165, 1.54) is 0 Å². The molecule has 33 heavy (non-hydrogen) atoms. The third kappa shape index (κ3) is 5.33. The van der Waals surface area contributed by atoms with Crippen molar-refractivity contribution in [1.82, 2.24) is 0 Å². The summed E-state index contributed by atoms with van der Waals surface area (Å²) >= 11 is 6.62. The van der Waals surface area contributed by atoms with E-state index in [1.807, 2.05) is 12.2 Å². The molecule has 4 unspecified atom stereocenters. The van der Waals surface area contributed by atoms with Crippen molar-refractivity contribution in [1.29, 1.82) is 0 Å². The minimum Gasteiger partial charge on any atom is -0.457 e. The summed E-state index contributed by atoms with van der Waals surface area (Å²) in [5.41, 5.74) is 0.863. The van der Waals surface area contributed by atoms with Crippen LogP contribution >= 0.6 is 31.9 Å². The number of allylic oxidation sites excluding steroid dienone is 2. The van der Waals surface area contributed by atoms with Gasteiger partial charge in [0.2, 0.25) is 0 Å². The molecule has 8 heteroatoms. The highest BCUT2D eigenvalue weighted by Crippen LogP contribution is 2.49. The molecule has 0 aromatic heterocycles. The van der Waals surface area contributed by atoms with Crippen LogP contribution in [0.3, 0.4) is 0 Å². The van der Waals surface area contributed by atoms with Crippen LogP contribution in [0, 0.1) is 23.7 Å². The topological polar surface area (TPSA) is 86.7 Å². The van der Waals surface area contributed by atoms with E-state index in [-0.39, 0.29) is 23.4 Å². The van der Waals surface area contributed by atoms with E-state index in [9.17, 15) is 19.2 Å². The van der Waals surface area contributed by atoms with Gasteiger partial charge in [-0.25, -0.2) is 0 Å². The molecule has 0 spiro atoms. The Morgan fingerprint density at radius 2 is 1.03 bits per heavy atom. The van der Waals surface area contributed by atoms with E-state index in [0.717, 1.165) is 8.95 Å². The van der Waals surface area contributed by atoms with Crippen molar-refractivity contribution in [3.8, 4) is 0 Å². The van der Waals surface area contributed by atoms with Crippen molar-refractivity contribution >= 4 is 55.4 Å². The van der Waals surface area contributed by atoms with Crippen LogP contribution in [-0.4, -0.2) is 36.7 Å². The maximum absolute atomic E-state index is 12.8. The fourth-order valence-electron chi connectivity index (χ4n) is 4.37. The lowest BCUT2D eigenvalue weighted by Crippen LogP contribution is -2.36. The SMILES string of the molecule is O=C(COC(=O)C1C2C=CC(C2)C1C(=O)OCC(=O)c1ccc(Br)cc1)c1ccc(Br)cc1. The number of ketones is 2. The molecule has 1 fully saturated rings. The first kappa shape index (κ1) is 23.6. The Morgan fingerprint density at radius 3 is 1.39 bits per heavy atom. The minimum absolute atomic E-state index is 0.148. The van der Waals surface area contributed by atoms with Crippen LogP contribution in [0.15, 0.2) is 69.6 Å². The Kier molecular flexibility index (Phi) is 7.24. The van der Waals surface area contributed by atoms with Gasteiger partial charge in [-0.1, -0.05) is 68.3 Å². The van der Waals surface area contributed by atoms with E-state index < -0.39 is 37.0 Å². The fourth-order valence-corrected chi connectivity index (χ4v) is 4.90. The third-order valence-electron chi connectivity index (χ3n) is 6.03. The predicted molar refractivity (Wildman–Crippen MR) is 127 cm³/mol. The Labute approximate surface area is 207 Å². The zero-order valence-corrected chi connectivity index (χ0v) is 20.6. The molecule has 4 atom stereocenters. The van der Waals surface area contributed by atoms with E-state index in [0.29, 0.717) is 17.5 Å². The lowest BCUT2D eigenvalue weighted by atomic mass is 9.83. The quantitative estimate of drug-likeness (QED) is 0.255. The molecule has 1 saturated carbocycles. The number of ether oxygens (including phenoxy) is 2. The predicted octanol–water partition coefficient (Wildman–Crippen LogP) is 4.80. The number of hydrogen-bond donors (Lipinski definition) is 0. The van der Waals surface area contributed by atoms with Crippen LogP contribution in [-0.2, 0) is 19.1 Å². The number of carbonyl (C=O) groups excluding carboxylic acids is 4. The van der Waals surface area contributed by atoms with Gasteiger partial charge in [0.15, 0.2) is 24.8 Å². The summed E-state index contributed by atoms with van der Waals surface area (Å²) in [7, 11) is 0. The third-order valence-corrected chi connectivity index (χ3v) is 7.08. The van der Waals surface area contributed by atoms with Crippen molar-refractivity contribution in [3.63, 3.8) is 0 Å². The zero-order chi connectivity index (χ0) is 23.5. The zero-order valence-electron chi connectivity index (χ0n) is 17.4. The summed E-state index contributed by atoms with van der Waals surface area (Å²) in [5, 5.41) is 0. The summed E-state index contributed by atoms with van der Waals surface area (Å²) in [6.45, 7) is -0.802. The number of carbonyl (C=O) groups is 4. The Hall–Kier alpha value is -2.58. The van der Waals surface area contributed by atoms with Crippen molar-refractivity contribution < 1.29 is 28.7 Å². The molecule has 2 aliphatic carbocycles. The summed E-state index contributed by atoms with van der Waals surface area (Å²) in [6, 6.07) is 13.5. The number of rotatable bonds is 8. The number of halogens is 2. The second-order valence-corrected chi connectivity index (χ2v) is 9.91. The fraction of sp³-hybridized carbons (Fsp3) is 0.280. The molecule has 4 rings (SSSR count). The maximum Gasteiger partial charge on any atom is 0.310 e. The van der Waals surface area contributed by atoms with Gasteiger partial charge in [-0.2, -0.15) is 0 Å². The monoisotopic (exact) mass is 574 g/mol. The average Bonchev–Trinajstić information content (AvgIpc) is 3.43. The molecule has 0 N–H and O–H groups in total. The van der Waals surface area contributed by atoms with Crippen LogP contribution < -0.4 is 0 Å². The Balaban J connectivity index is 1.36. The van der Waals surface area contributed by atoms with Crippen molar-refractivity contribution in [3.05, 3.63) is 80.8 Å². The summed E-state index contributed by atoms with van der Waals surface area (Å²) in [5.74, 6) is -3.60. The van der Waals surface area contributed by atoms with Crippen LogP contribution in [0.1, 0.15) is 27.1 Å². The number of esters is 2. The van der Waals surface area contributed by atoms with Gasteiger partial charge >= 0.3 is 11.9 Å². The van der Waals surface area contributed by atoms with Gasteiger partial charge in [-0.15, -0.1) is 0 Å². The summed E-state index contributed by atoms with van der Waals surface area (Å²) in [6.07, 6.45) is 4.45. The normalized spacial score (nSPS) is 22.7.